The van der Waals surface area contributed by atoms with E-state index < -0.39 is 0 Å². The van der Waals surface area contributed by atoms with Crippen LogP contribution in [-0.2, 0) is 6.42 Å². The van der Waals surface area contributed by atoms with Gasteiger partial charge in [0.25, 0.3) is 0 Å². The molecule has 2 aromatic rings. The van der Waals surface area contributed by atoms with E-state index in [2.05, 4.69) is 68.5 Å². The number of aliphatic imine (C=N–C) groups is 1. The summed E-state index contributed by atoms with van der Waals surface area (Å²) in [5.41, 5.74) is 2.69. The average molecular weight is 415 g/mol. The van der Waals surface area contributed by atoms with Crippen LogP contribution in [0.5, 0.6) is 0 Å². The molecule has 0 amide bonds. The Hall–Kier alpha value is -2.12. The molecule has 1 aromatic heterocycles. The quantitative estimate of drug-likeness (QED) is 0.395. The molecular weight excluding hydrogens is 380 g/mol. The Morgan fingerprint density at radius 1 is 1.14 bits per heavy atom. The van der Waals surface area contributed by atoms with E-state index in [-0.39, 0.29) is 0 Å². The largest absolute Gasteiger partial charge is 0.369 e. The van der Waals surface area contributed by atoms with Gasteiger partial charge in [0.2, 0.25) is 0 Å². The van der Waals surface area contributed by atoms with Crippen LogP contribution < -0.4 is 15.5 Å². The van der Waals surface area contributed by atoms with Gasteiger partial charge in [-0.3, -0.25) is 9.89 Å². The predicted molar refractivity (Wildman–Crippen MR) is 124 cm³/mol. The minimum absolute atomic E-state index is 0.855. The minimum Gasteiger partial charge on any atom is -0.369 e. The second-order valence-electron chi connectivity index (χ2n) is 7.56. The number of aryl methyl sites for hydroxylation is 2. The minimum atomic E-state index is 0.855. The standard InChI is InChI=1S/C22H34N6S/c1-18-6-4-7-20(16-18)28-14-12-27(13-15-28)11-5-9-24-22(23-3)25-10-8-21-26-17-19(2)29-21/h4,6-7,16-17H,5,8-15H2,1-3H3,(H2,23,24,25). The molecule has 29 heavy (non-hydrogen) atoms. The van der Waals surface area contributed by atoms with Crippen LogP contribution in [0.3, 0.4) is 0 Å². The van der Waals surface area contributed by atoms with Crippen LogP contribution in [0.15, 0.2) is 35.5 Å². The van der Waals surface area contributed by atoms with Crippen LogP contribution in [-0.4, -0.2) is 68.7 Å². The van der Waals surface area contributed by atoms with Crippen molar-refractivity contribution in [2.24, 2.45) is 4.99 Å². The maximum absolute atomic E-state index is 4.40. The first-order valence-corrected chi connectivity index (χ1v) is 11.4. The Balaban J connectivity index is 1.28. The fourth-order valence-corrected chi connectivity index (χ4v) is 4.38. The number of anilines is 1. The fraction of sp³-hybridized carbons (Fsp3) is 0.545. The molecule has 158 valence electrons. The molecule has 0 unspecified atom stereocenters. The van der Waals surface area contributed by atoms with Crippen molar-refractivity contribution < 1.29 is 0 Å². The first-order chi connectivity index (χ1) is 14.1. The zero-order valence-corrected chi connectivity index (χ0v) is 18.8. The Morgan fingerprint density at radius 3 is 2.62 bits per heavy atom. The Kier molecular flexibility index (Phi) is 8.31. The van der Waals surface area contributed by atoms with E-state index >= 15 is 0 Å². The number of hydrogen-bond donors (Lipinski definition) is 2. The van der Waals surface area contributed by atoms with Gasteiger partial charge in [-0.2, -0.15) is 0 Å². The van der Waals surface area contributed by atoms with Crippen LogP contribution in [0.2, 0.25) is 0 Å². The topological polar surface area (TPSA) is 55.8 Å². The van der Waals surface area contributed by atoms with Crippen LogP contribution in [0, 0.1) is 13.8 Å². The molecule has 0 saturated carbocycles. The molecule has 1 aliphatic heterocycles. The number of nitrogens with one attached hydrogen (secondary N) is 2. The van der Waals surface area contributed by atoms with Crippen molar-refractivity contribution in [3.05, 3.63) is 45.9 Å². The van der Waals surface area contributed by atoms with Crippen molar-refractivity contribution >= 4 is 23.0 Å². The summed E-state index contributed by atoms with van der Waals surface area (Å²) in [6.45, 7) is 11.7. The molecular formula is C22H34N6S. The van der Waals surface area contributed by atoms with Gasteiger partial charge in [-0.1, -0.05) is 12.1 Å². The first kappa shape index (κ1) is 21.6. The molecule has 1 fully saturated rings. The number of hydrogen-bond acceptors (Lipinski definition) is 5. The van der Waals surface area contributed by atoms with Crippen molar-refractivity contribution in [2.45, 2.75) is 26.7 Å². The molecule has 0 radical (unpaired) electrons. The highest BCUT2D eigenvalue weighted by Crippen LogP contribution is 2.17. The molecule has 7 heteroatoms. The second kappa shape index (κ2) is 11.2. The molecule has 1 aromatic carbocycles. The molecule has 1 saturated heterocycles. The molecule has 3 rings (SSSR count). The van der Waals surface area contributed by atoms with Gasteiger partial charge in [-0.05, 0) is 44.5 Å². The number of piperazine rings is 1. The van der Waals surface area contributed by atoms with Gasteiger partial charge in [-0.15, -0.1) is 11.3 Å². The molecule has 0 atom stereocenters. The molecule has 0 aliphatic carbocycles. The van der Waals surface area contributed by atoms with E-state index in [1.165, 1.54) is 21.1 Å². The van der Waals surface area contributed by atoms with E-state index in [0.717, 1.165) is 64.6 Å². The SMILES string of the molecule is CN=C(NCCCN1CCN(c2cccc(C)c2)CC1)NCCc1ncc(C)s1. The third kappa shape index (κ3) is 7.01. The molecule has 1 aliphatic rings. The highest BCUT2D eigenvalue weighted by atomic mass is 32.1. The van der Waals surface area contributed by atoms with Gasteiger partial charge in [-0.25, -0.2) is 4.98 Å². The molecule has 0 spiro atoms. The highest BCUT2D eigenvalue weighted by molar-refractivity contribution is 7.11. The summed E-state index contributed by atoms with van der Waals surface area (Å²) in [5, 5.41) is 7.98. The fourth-order valence-electron chi connectivity index (χ4n) is 3.59. The summed E-state index contributed by atoms with van der Waals surface area (Å²) in [5.74, 6) is 0.877. The van der Waals surface area contributed by atoms with Crippen LogP contribution in [0.1, 0.15) is 21.9 Å². The summed E-state index contributed by atoms with van der Waals surface area (Å²) in [6, 6.07) is 8.83. The maximum Gasteiger partial charge on any atom is 0.190 e. The summed E-state index contributed by atoms with van der Waals surface area (Å²) in [6.07, 6.45) is 4.00. The van der Waals surface area contributed by atoms with E-state index in [4.69, 9.17) is 0 Å². The Bertz CT molecular complexity index is 779. The molecule has 2 N–H and O–H groups in total. The third-order valence-electron chi connectivity index (χ3n) is 5.21. The maximum atomic E-state index is 4.40. The van der Waals surface area contributed by atoms with E-state index in [1.54, 1.807) is 11.3 Å². The average Bonchev–Trinajstić information content (AvgIpc) is 3.15. The van der Waals surface area contributed by atoms with Gasteiger partial charge in [0.1, 0.15) is 0 Å². The summed E-state index contributed by atoms with van der Waals surface area (Å²) >= 11 is 1.76. The van der Waals surface area contributed by atoms with Crippen LogP contribution in [0.25, 0.3) is 0 Å². The van der Waals surface area contributed by atoms with Crippen molar-refractivity contribution in [1.82, 2.24) is 20.5 Å². The number of aromatic nitrogens is 1. The van der Waals surface area contributed by atoms with Gasteiger partial charge in [0, 0.05) is 69.5 Å². The number of thiazole rings is 1. The monoisotopic (exact) mass is 414 g/mol. The van der Waals surface area contributed by atoms with Gasteiger partial charge in [0.05, 0.1) is 5.01 Å². The van der Waals surface area contributed by atoms with E-state index in [9.17, 15) is 0 Å². The third-order valence-corrected chi connectivity index (χ3v) is 6.18. The second-order valence-corrected chi connectivity index (χ2v) is 8.88. The Morgan fingerprint density at radius 2 is 1.93 bits per heavy atom. The van der Waals surface area contributed by atoms with Crippen molar-refractivity contribution in [3.63, 3.8) is 0 Å². The zero-order valence-electron chi connectivity index (χ0n) is 17.9. The summed E-state index contributed by atoms with van der Waals surface area (Å²) in [4.78, 5) is 15.0. The normalized spacial score (nSPS) is 15.6. The number of nitrogens with zero attached hydrogens (tertiary/aromatic N) is 4. The lowest BCUT2D eigenvalue weighted by Crippen LogP contribution is -2.47. The molecule has 6 nitrogen and oxygen atoms in total. The number of rotatable bonds is 8. The molecule has 0 bridgehead atoms. The highest BCUT2D eigenvalue weighted by Gasteiger charge is 2.16. The number of benzene rings is 1. The van der Waals surface area contributed by atoms with Crippen molar-refractivity contribution in [1.29, 1.82) is 0 Å². The smallest absolute Gasteiger partial charge is 0.190 e. The van der Waals surface area contributed by atoms with E-state index in [0.29, 0.717) is 0 Å². The number of guanidine groups is 1. The van der Waals surface area contributed by atoms with Gasteiger partial charge in [0.15, 0.2) is 5.96 Å². The lowest BCUT2D eigenvalue weighted by atomic mass is 10.2. The van der Waals surface area contributed by atoms with Crippen molar-refractivity contribution in [3.8, 4) is 0 Å². The van der Waals surface area contributed by atoms with Gasteiger partial charge >= 0.3 is 0 Å². The van der Waals surface area contributed by atoms with E-state index in [1.807, 2.05) is 13.2 Å². The van der Waals surface area contributed by atoms with Crippen LogP contribution >= 0.6 is 11.3 Å². The van der Waals surface area contributed by atoms with Gasteiger partial charge < -0.3 is 15.5 Å². The first-order valence-electron chi connectivity index (χ1n) is 10.5. The Labute approximate surface area is 179 Å². The van der Waals surface area contributed by atoms with Crippen LogP contribution in [0.4, 0.5) is 5.69 Å². The summed E-state index contributed by atoms with van der Waals surface area (Å²) < 4.78 is 0. The van der Waals surface area contributed by atoms with Crippen molar-refractivity contribution in [2.75, 3.05) is 57.8 Å². The summed E-state index contributed by atoms with van der Waals surface area (Å²) in [7, 11) is 1.83. The predicted octanol–water partition coefficient (Wildman–Crippen LogP) is 2.68. The lowest BCUT2D eigenvalue weighted by molar-refractivity contribution is 0.255. The molecule has 2 heterocycles. The zero-order chi connectivity index (χ0) is 20.5. The lowest BCUT2D eigenvalue weighted by Gasteiger charge is -2.36.